The SMILES string of the molecule is CCNc1ccncc1S(=O)(=O)NCC1(N(C)C)CCC1. The van der Waals surface area contributed by atoms with E-state index >= 15 is 0 Å². The lowest BCUT2D eigenvalue weighted by Gasteiger charge is -2.47. The van der Waals surface area contributed by atoms with E-state index in [4.69, 9.17) is 0 Å². The van der Waals surface area contributed by atoms with Crippen LogP contribution in [0.15, 0.2) is 23.4 Å². The van der Waals surface area contributed by atoms with Crippen molar-refractivity contribution in [3.63, 3.8) is 0 Å². The minimum Gasteiger partial charge on any atom is -0.384 e. The number of sulfonamides is 1. The van der Waals surface area contributed by atoms with Crippen molar-refractivity contribution in [3.8, 4) is 0 Å². The van der Waals surface area contributed by atoms with E-state index in [-0.39, 0.29) is 10.4 Å². The van der Waals surface area contributed by atoms with Crippen LogP contribution >= 0.6 is 0 Å². The van der Waals surface area contributed by atoms with Crippen LogP contribution < -0.4 is 10.0 Å². The second-order valence-electron chi connectivity index (χ2n) is 5.70. The monoisotopic (exact) mass is 312 g/mol. The molecule has 118 valence electrons. The van der Waals surface area contributed by atoms with Crippen molar-refractivity contribution in [3.05, 3.63) is 18.5 Å². The number of hydrogen-bond acceptors (Lipinski definition) is 5. The Balaban J connectivity index is 2.15. The first-order valence-corrected chi connectivity index (χ1v) is 8.74. The molecule has 0 aromatic carbocycles. The number of hydrogen-bond donors (Lipinski definition) is 2. The summed E-state index contributed by atoms with van der Waals surface area (Å²) in [6.07, 6.45) is 6.17. The average molecular weight is 312 g/mol. The van der Waals surface area contributed by atoms with Crippen LogP contribution in [0.5, 0.6) is 0 Å². The number of rotatable bonds is 7. The molecule has 1 aromatic heterocycles. The van der Waals surface area contributed by atoms with Gasteiger partial charge in [-0.3, -0.25) is 4.98 Å². The van der Waals surface area contributed by atoms with Gasteiger partial charge in [0.15, 0.2) is 0 Å². The number of anilines is 1. The number of nitrogens with zero attached hydrogens (tertiary/aromatic N) is 2. The molecule has 0 spiro atoms. The fourth-order valence-electron chi connectivity index (χ4n) is 2.60. The van der Waals surface area contributed by atoms with Crippen molar-refractivity contribution >= 4 is 15.7 Å². The van der Waals surface area contributed by atoms with Crippen molar-refractivity contribution in [1.29, 1.82) is 0 Å². The minimum atomic E-state index is -3.56. The molecule has 1 aliphatic rings. The van der Waals surface area contributed by atoms with E-state index in [1.165, 1.54) is 6.20 Å². The second-order valence-corrected chi connectivity index (χ2v) is 7.43. The van der Waals surface area contributed by atoms with E-state index in [2.05, 4.69) is 19.9 Å². The number of pyridine rings is 1. The highest BCUT2D eigenvalue weighted by Crippen LogP contribution is 2.35. The summed E-state index contributed by atoms with van der Waals surface area (Å²) >= 11 is 0. The van der Waals surface area contributed by atoms with Crippen LogP contribution in [-0.4, -0.2) is 51.0 Å². The van der Waals surface area contributed by atoms with Gasteiger partial charge in [-0.2, -0.15) is 0 Å². The molecule has 1 saturated carbocycles. The van der Waals surface area contributed by atoms with Gasteiger partial charge in [-0.25, -0.2) is 13.1 Å². The van der Waals surface area contributed by atoms with E-state index in [1.54, 1.807) is 12.3 Å². The second kappa shape index (κ2) is 6.29. The van der Waals surface area contributed by atoms with Crippen molar-refractivity contribution in [2.45, 2.75) is 36.6 Å². The molecular formula is C14H24N4O2S. The van der Waals surface area contributed by atoms with Gasteiger partial charge in [-0.15, -0.1) is 0 Å². The van der Waals surface area contributed by atoms with E-state index in [0.29, 0.717) is 18.8 Å². The molecule has 6 nitrogen and oxygen atoms in total. The Hall–Kier alpha value is -1.18. The molecule has 1 aliphatic carbocycles. The predicted molar refractivity (Wildman–Crippen MR) is 83.9 cm³/mol. The number of aromatic nitrogens is 1. The smallest absolute Gasteiger partial charge is 0.244 e. The van der Waals surface area contributed by atoms with Crippen LogP contribution in [0, 0.1) is 0 Å². The standard InChI is InChI=1S/C14H24N4O2S/c1-4-16-12-6-9-15-10-13(12)21(19,20)17-11-14(18(2)3)7-5-8-14/h6,9-10,17H,4-5,7-8,11H2,1-3H3,(H,15,16). The Kier molecular flexibility index (Phi) is 4.85. The van der Waals surface area contributed by atoms with Gasteiger partial charge in [0.05, 0.1) is 5.69 Å². The normalized spacial score (nSPS) is 17.5. The maximum atomic E-state index is 12.5. The molecule has 0 radical (unpaired) electrons. The maximum Gasteiger partial charge on any atom is 0.244 e. The lowest BCUT2D eigenvalue weighted by atomic mass is 9.76. The van der Waals surface area contributed by atoms with Gasteiger partial charge in [0, 0.05) is 31.0 Å². The van der Waals surface area contributed by atoms with E-state index in [9.17, 15) is 8.42 Å². The summed E-state index contributed by atoms with van der Waals surface area (Å²) in [6, 6.07) is 1.68. The predicted octanol–water partition coefficient (Wildman–Crippen LogP) is 1.28. The van der Waals surface area contributed by atoms with Crippen LogP contribution in [-0.2, 0) is 10.0 Å². The first kappa shape index (κ1) is 16.2. The quantitative estimate of drug-likeness (QED) is 0.793. The Morgan fingerprint density at radius 1 is 1.38 bits per heavy atom. The Morgan fingerprint density at radius 2 is 2.10 bits per heavy atom. The van der Waals surface area contributed by atoms with Crippen LogP contribution in [0.25, 0.3) is 0 Å². The molecule has 0 aliphatic heterocycles. The summed E-state index contributed by atoms with van der Waals surface area (Å²) in [5.74, 6) is 0. The van der Waals surface area contributed by atoms with Crippen LogP contribution in [0.2, 0.25) is 0 Å². The van der Waals surface area contributed by atoms with Crippen LogP contribution in [0.1, 0.15) is 26.2 Å². The van der Waals surface area contributed by atoms with Gasteiger partial charge in [-0.1, -0.05) is 0 Å². The zero-order valence-corrected chi connectivity index (χ0v) is 13.7. The molecule has 1 heterocycles. The molecular weight excluding hydrogens is 288 g/mol. The van der Waals surface area contributed by atoms with E-state index in [1.807, 2.05) is 21.0 Å². The molecule has 2 rings (SSSR count). The molecule has 0 atom stereocenters. The third-order valence-corrected chi connectivity index (χ3v) is 5.69. The lowest BCUT2D eigenvalue weighted by molar-refractivity contribution is 0.0657. The van der Waals surface area contributed by atoms with Crippen LogP contribution in [0.3, 0.4) is 0 Å². The van der Waals surface area contributed by atoms with Crippen molar-refractivity contribution in [2.24, 2.45) is 0 Å². The lowest BCUT2D eigenvalue weighted by Crippen LogP contribution is -2.57. The highest BCUT2D eigenvalue weighted by Gasteiger charge is 2.40. The van der Waals surface area contributed by atoms with E-state index < -0.39 is 10.0 Å². The van der Waals surface area contributed by atoms with Gasteiger partial charge in [-0.05, 0) is 46.3 Å². The first-order valence-electron chi connectivity index (χ1n) is 7.26. The molecule has 2 N–H and O–H groups in total. The van der Waals surface area contributed by atoms with Crippen molar-refractivity contribution in [1.82, 2.24) is 14.6 Å². The molecule has 1 fully saturated rings. The fourth-order valence-corrected chi connectivity index (χ4v) is 3.85. The van der Waals surface area contributed by atoms with Crippen molar-refractivity contribution in [2.75, 3.05) is 32.5 Å². The highest BCUT2D eigenvalue weighted by molar-refractivity contribution is 7.89. The third kappa shape index (κ3) is 3.36. The third-order valence-electron chi connectivity index (χ3n) is 4.27. The van der Waals surface area contributed by atoms with Gasteiger partial charge < -0.3 is 10.2 Å². The molecule has 0 unspecified atom stereocenters. The molecule has 7 heteroatoms. The average Bonchev–Trinajstić information content (AvgIpc) is 2.37. The number of nitrogens with one attached hydrogen (secondary N) is 2. The molecule has 0 bridgehead atoms. The van der Waals surface area contributed by atoms with Gasteiger partial charge in [0.25, 0.3) is 0 Å². The zero-order chi connectivity index (χ0) is 15.5. The van der Waals surface area contributed by atoms with Crippen molar-refractivity contribution < 1.29 is 8.42 Å². The largest absolute Gasteiger partial charge is 0.384 e. The Morgan fingerprint density at radius 3 is 2.62 bits per heavy atom. The topological polar surface area (TPSA) is 74.3 Å². The summed E-state index contributed by atoms with van der Waals surface area (Å²) in [7, 11) is 0.445. The van der Waals surface area contributed by atoms with Crippen LogP contribution in [0.4, 0.5) is 5.69 Å². The van der Waals surface area contributed by atoms with E-state index in [0.717, 1.165) is 19.3 Å². The maximum absolute atomic E-state index is 12.5. The number of likely N-dealkylation sites (N-methyl/N-ethyl adjacent to an activating group) is 1. The highest BCUT2D eigenvalue weighted by atomic mass is 32.2. The summed E-state index contributed by atoms with van der Waals surface area (Å²) in [5, 5.41) is 3.06. The molecule has 0 amide bonds. The summed E-state index contributed by atoms with van der Waals surface area (Å²) < 4.78 is 27.8. The van der Waals surface area contributed by atoms with Gasteiger partial charge in [0.1, 0.15) is 4.90 Å². The Labute approximate surface area is 127 Å². The summed E-state index contributed by atoms with van der Waals surface area (Å²) in [4.78, 5) is 6.26. The molecule has 21 heavy (non-hydrogen) atoms. The minimum absolute atomic E-state index is 0.0480. The van der Waals surface area contributed by atoms with Gasteiger partial charge in [0.2, 0.25) is 10.0 Å². The summed E-state index contributed by atoms with van der Waals surface area (Å²) in [6.45, 7) is 3.02. The molecule has 0 saturated heterocycles. The first-order chi connectivity index (χ1) is 9.91. The Bertz CT molecular complexity index is 582. The fraction of sp³-hybridized carbons (Fsp3) is 0.643. The van der Waals surface area contributed by atoms with Gasteiger partial charge >= 0.3 is 0 Å². The zero-order valence-electron chi connectivity index (χ0n) is 12.9. The molecule has 1 aromatic rings. The summed E-state index contributed by atoms with van der Waals surface area (Å²) in [5.41, 5.74) is 0.542.